The van der Waals surface area contributed by atoms with Gasteiger partial charge in [-0.2, -0.15) is 0 Å². The van der Waals surface area contributed by atoms with Crippen molar-refractivity contribution in [3.63, 3.8) is 0 Å². The van der Waals surface area contributed by atoms with Crippen LogP contribution < -0.4 is 10.1 Å². The molecule has 0 saturated carbocycles. The molecular formula is C18H21N5O3S. The van der Waals surface area contributed by atoms with E-state index in [1.807, 2.05) is 28.8 Å². The number of imide groups is 1. The van der Waals surface area contributed by atoms with Gasteiger partial charge in [-0.15, -0.1) is 16.8 Å². The monoisotopic (exact) mass is 387 g/mol. The van der Waals surface area contributed by atoms with Crippen LogP contribution in [-0.4, -0.2) is 57.1 Å². The van der Waals surface area contributed by atoms with Gasteiger partial charge in [0.25, 0.3) is 0 Å². The lowest BCUT2D eigenvalue weighted by Crippen LogP contribution is -2.39. The zero-order valence-electron chi connectivity index (χ0n) is 15.2. The predicted molar refractivity (Wildman–Crippen MR) is 103 cm³/mol. The third kappa shape index (κ3) is 3.97. The molecule has 1 fully saturated rings. The molecule has 1 atom stereocenters. The van der Waals surface area contributed by atoms with Crippen LogP contribution in [0.25, 0.3) is 11.4 Å². The van der Waals surface area contributed by atoms with Crippen LogP contribution in [0.3, 0.4) is 0 Å². The molecule has 2 heterocycles. The molecule has 1 aromatic heterocycles. The minimum atomic E-state index is -0.467. The van der Waals surface area contributed by atoms with Crippen molar-refractivity contribution in [1.29, 1.82) is 0 Å². The van der Waals surface area contributed by atoms with Crippen molar-refractivity contribution in [3.8, 4) is 17.1 Å². The Morgan fingerprint density at radius 2 is 2.15 bits per heavy atom. The van der Waals surface area contributed by atoms with Crippen molar-refractivity contribution in [2.24, 2.45) is 0 Å². The molecule has 9 heteroatoms. The van der Waals surface area contributed by atoms with Gasteiger partial charge in [-0.05, 0) is 31.2 Å². The number of nitrogens with zero attached hydrogens (tertiary/aromatic N) is 4. The normalized spacial score (nSPS) is 14.7. The van der Waals surface area contributed by atoms with E-state index in [2.05, 4.69) is 22.1 Å². The maximum atomic E-state index is 12.5. The number of allylic oxidation sites excluding steroid dienone is 1. The van der Waals surface area contributed by atoms with E-state index in [-0.39, 0.29) is 11.9 Å². The van der Waals surface area contributed by atoms with Crippen molar-refractivity contribution >= 4 is 23.7 Å². The Balaban J connectivity index is 1.82. The summed E-state index contributed by atoms with van der Waals surface area (Å²) in [5, 5.41) is 11.3. The number of urea groups is 1. The zero-order valence-corrected chi connectivity index (χ0v) is 16.0. The van der Waals surface area contributed by atoms with Crippen LogP contribution in [-0.2, 0) is 11.3 Å². The van der Waals surface area contributed by atoms with Gasteiger partial charge in [0, 0.05) is 25.2 Å². The number of carbonyl (C=O) groups excluding carboxylic acids is 2. The van der Waals surface area contributed by atoms with E-state index in [1.165, 1.54) is 16.7 Å². The number of thioether (sulfide) groups is 1. The first-order valence-electron chi connectivity index (χ1n) is 8.49. The summed E-state index contributed by atoms with van der Waals surface area (Å²) in [6.07, 6.45) is 1.75. The molecule has 0 spiro atoms. The summed E-state index contributed by atoms with van der Waals surface area (Å²) in [4.78, 5) is 25.5. The SMILES string of the molecule is C=CCn1c(S[C@@H](C)C(=O)N2CCNC2=O)nnc1-c1ccc(OC)cc1. The van der Waals surface area contributed by atoms with Crippen LogP contribution in [0.1, 0.15) is 6.92 Å². The number of carbonyl (C=O) groups is 2. The molecule has 0 radical (unpaired) electrons. The smallest absolute Gasteiger partial charge is 0.324 e. The van der Waals surface area contributed by atoms with Crippen LogP contribution >= 0.6 is 11.8 Å². The number of hydrogen-bond acceptors (Lipinski definition) is 6. The number of hydrogen-bond donors (Lipinski definition) is 1. The number of aromatic nitrogens is 3. The van der Waals surface area contributed by atoms with E-state index in [1.54, 1.807) is 20.1 Å². The van der Waals surface area contributed by atoms with Gasteiger partial charge in [0.05, 0.1) is 12.4 Å². The molecule has 0 bridgehead atoms. The average Bonchev–Trinajstić information content (AvgIpc) is 3.28. The first-order chi connectivity index (χ1) is 13.0. The molecule has 27 heavy (non-hydrogen) atoms. The second-order valence-electron chi connectivity index (χ2n) is 5.92. The summed E-state index contributed by atoms with van der Waals surface area (Å²) in [5.41, 5.74) is 0.884. The molecule has 3 amide bonds. The summed E-state index contributed by atoms with van der Waals surface area (Å²) in [6, 6.07) is 7.17. The number of rotatable bonds is 7. The van der Waals surface area contributed by atoms with Gasteiger partial charge in [-0.1, -0.05) is 17.8 Å². The van der Waals surface area contributed by atoms with Gasteiger partial charge < -0.3 is 10.1 Å². The van der Waals surface area contributed by atoms with Crippen molar-refractivity contribution in [2.75, 3.05) is 20.2 Å². The lowest BCUT2D eigenvalue weighted by atomic mass is 10.2. The van der Waals surface area contributed by atoms with Crippen LogP contribution in [0, 0.1) is 0 Å². The maximum Gasteiger partial charge on any atom is 0.324 e. The van der Waals surface area contributed by atoms with Gasteiger partial charge in [0.2, 0.25) is 5.91 Å². The van der Waals surface area contributed by atoms with Crippen molar-refractivity contribution in [2.45, 2.75) is 23.9 Å². The highest BCUT2D eigenvalue weighted by Gasteiger charge is 2.31. The molecule has 142 valence electrons. The average molecular weight is 387 g/mol. The molecular weight excluding hydrogens is 366 g/mol. The summed E-state index contributed by atoms with van der Waals surface area (Å²) in [6.45, 7) is 6.93. The van der Waals surface area contributed by atoms with Gasteiger partial charge in [-0.3, -0.25) is 14.3 Å². The van der Waals surface area contributed by atoms with E-state index >= 15 is 0 Å². The lowest BCUT2D eigenvalue weighted by Gasteiger charge is -2.17. The van der Waals surface area contributed by atoms with E-state index in [9.17, 15) is 9.59 Å². The summed E-state index contributed by atoms with van der Waals surface area (Å²) in [7, 11) is 1.61. The Bertz CT molecular complexity index is 849. The Morgan fingerprint density at radius 1 is 1.41 bits per heavy atom. The van der Waals surface area contributed by atoms with Crippen molar-refractivity contribution < 1.29 is 14.3 Å². The van der Waals surface area contributed by atoms with Crippen LogP contribution in [0.15, 0.2) is 42.1 Å². The second kappa shape index (κ2) is 8.26. The zero-order chi connectivity index (χ0) is 19.4. The summed E-state index contributed by atoms with van der Waals surface area (Å²) in [5.74, 6) is 1.19. The van der Waals surface area contributed by atoms with Gasteiger partial charge in [-0.25, -0.2) is 4.79 Å². The minimum Gasteiger partial charge on any atom is -0.497 e. The van der Waals surface area contributed by atoms with E-state index in [0.29, 0.717) is 30.6 Å². The van der Waals surface area contributed by atoms with Crippen molar-refractivity contribution in [1.82, 2.24) is 25.0 Å². The van der Waals surface area contributed by atoms with E-state index in [4.69, 9.17) is 4.74 Å². The maximum absolute atomic E-state index is 12.5. The number of ether oxygens (including phenoxy) is 1. The first-order valence-corrected chi connectivity index (χ1v) is 9.37. The molecule has 1 N–H and O–H groups in total. The molecule has 1 aliphatic rings. The Hall–Kier alpha value is -2.81. The fourth-order valence-corrected chi connectivity index (χ4v) is 3.65. The number of benzene rings is 1. The molecule has 3 rings (SSSR count). The number of amides is 3. The Morgan fingerprint density at radius 3 is 2.74 bits per heavy atom. The highest BCUT2D eigenvalue weighted by atomic mass is 32.2. The van der Waals surface area contributed by atoms with Gasteiger partial charge in [0.1, 0.15) is 5.75 Å². The fourth-order valence-electron chi connectivity index (χ4n) is 2.73. The fraction of sp³-hybridized carbons (Fsp3) is 0.333. The highest BCUT2D eigenvalue weighted by Crippen LogP contribution is 2.28. The predicted octanol–water partition coefficient (Wildman–Crippen LogP) is 2.17. The Labute approximate surface area is 161 Å². The minimum absolute atomic E-state index is 0.242. The molecule has 1 saturated heterocycles. The topological polar surface area (TPSA) is 89.4 Å². The third-order valence-electron chi connectivity index (χ3n) is 4.13. The van der Waals surface area contributed by atoms with Crippen LogP contribution in [0.5, 0.6) is 5.75 Å². The third-order valence-corrected chi connectivity index (χ3v) is 5.20. The summed E-state index contributed by atoms with van der Waals surface area (Å²) < 4.78 is 7.08. The molecule has 0 unspecified atom stereocenters. The van der Waals surface area contributed by atoms with E-state index in [0.717, 1.165) is 11.3 Å². The first kappa shape index (κ1) is 19.0. The number of nitrogens with one attached hydrogen (secondary N) is 1. The highest BCUT2D eigenvalue weighted by molar-refractivity contribution is 8.00. The van der Waals surface area contributed by atoms with Crippen molar-refractivity contribution in [3.05, 3.63) is 36.9 Å². The van der Waals surface area contributed by atoms with Gasteiger partial charge in [0.15, 0.2) is 11.0 Å². The molecule has 0 aliphatic carbocycles. The standard InChI is InChI=1S/C18H21N5O3S/c1-4-10-22-15(13-5-7-14(26-3)8-6-13)20-21-18(22)27-12(2)16(24)23-11-9-19-17(23)25/h4-8,12H,1,9-11H2,2-3H3,(H,19,25)/t12-/m0/s1. The molecule has 2 aromatic rings. The lowest BCUT2D eigenvalue weighted by molar-refractivity contribution is -0.126. The van der Waals surface area contributed by atoms with Crippen LogP contribution in [0.2, 0.25) is 0 Å². The Kier molecular flexibility index (Phi) is 5.80. The largest absolute Gasteiger partial charge is 0.497 e. The molecule has 1 aromatic carbocycles. The quantitative estimate of drug-likeness (QED) is 0.579. The van der Waals surface area contributed by atoms with Crippen LogP contribution in [0.4, 0.5) is 4.79 Å². The summed E-state index contributed by atoms with van der Waals surface area (Å²) >= 11 is 1.28. The van der Waals surface area contributed by atoms with Gasteiger partial charge >= 0.3 is 6.03 Å². The molecule has 8 nitrogen and oxygen atoms in total. The molecule has 1 aliphatic heterocycles. The second-order valence-corrected chi connectivity index (χ2v) is 7.22. The van der Waals surface area contributed by atoms with E-state index < -0.39 is 5.25 Å². The number of methoxy groups -OCH3 is 1.